The highest BCUT2D eigenvalue weighted by Gasteiger charge is 2.20. The molecule has 22 heavy (non-hydrogen) atoms. The van der Waals surface area contributed by atoms with E-state index < -0.39 is 0 Å². The first-order chi connectivity index (χ1) is 10.7. The molecule has 0 radical (unpaired) electrons. The van der Waals surface area contributed by atoms with E-state index in [1.54, 1.807) is 7.11 Å². The second kappa shape index (κ2) is 9.13. The molecule has 2 N–H and O–H groups in total. The molecule has 4 heteroatoms. The van der Waals surface area contributed by atoms with Gasteiger partial charge in [-0.3, -0.25) is 0 Å². The molecule has 0 saturated heterocycles. The molecule has 3 unspecified atom stereocenters. The zero-order valence-corrected chi connectivity index (χ0v) is 13.8. The predicted molar refractivity (Wildman–Crippen MR) is 88.2 cm³/mol. The molecule has 1 aromatic carbocycles. The summed E-state index contributed by atoms with van der Waals surface area (Å²) in [5.74, 6) is 1.48. The molecule has 2 rings (SSSR count). The number of benzene rings is 1. The van der Waals surface area contributed by atoms with Crippen molar-refractivity contribution in [2.45, 2.75) is 44.8 Å². The summed E-state index contributed by atoms with van der Waals surface area (Å²) >= 11 is 0. The Labute approximate surface area is 133 Å². The van der Waals surface area contributed by atoms with E-state index in [-0.39, 0.29) is 6.10 Å². The quantitative estimate of drug-likeness (QED) is 0.725. The summed E-state index contributed by atoms with van der Waals surface area (Å²) in [5.41, 5.74) is 1.26. The highest BCUT2D eigenvalue weighted by atomic mass is 16.5. The maximum absolute atomic E-state index is 9.73. The highest BCUT2D eigenvalue weighted by molar-refractivity contribution is 5.28. The van der Waals surface area contributed by atoms with Gasteiger partial charge in [0.1, 0.15) is 12.4 Å². The van der Waals surface area contributed by atoms with Crippen molar-refractivity contribution < 1.29 is 14.6 Å². The minimum Gasteiger partial charge on any atom is -0.491 e. The first kappa shape index (κ1) is 17.3. The Hall–Kier alpha value is -1.10. The summed E-state index contributed by atoms with van der Waals surface area (Å²) < 4.78 is 10.5. The predicted octanol–water partition coefficient (Wildman–Crippen LogP) is 2.91. The molecule has 1 fully saturated rings. The highest BCUT2D eigenvalue weighted by Crippen LogP contribution is 2.24. The third-order valence-electron chi connectivity index (χ3n) is 4.40. The molecular weight excluding hydrogens is 278 g/mol. The van der Waals surface area contributed by atoms with Crippen LogP contribution in [0, 0.1) is 5.92 Å². The number of nitrogens with one attached hydrogen (secondary N) is 1. The van der Waals surface area contributed by atoms with Gasteiger partial charge in [0.25, 0.3) is 0 Å². The van der Waals surface area contributed by atoms with E-state index in [0.717, 1.165) is 31.6 Å². The summed E-state index contributed by atoms with van der Waals surface area (Å²) in [6.07, 6.45) is 4.18. The van der Waals surface area contributed by atoms with E-state index in [4.69, 9.17) is 9.47 Å². The van der Waals surface area contributed by atoms with Crippen molar-refractivity contribution in [2.75, 3.05) is 26.9 Å². The molecule has 0 amide bonds. The zero-order valence-electron chi connectivity index (χ0n) is 13.8. The number of aliphatic hydroxyl groups is 1. The molecular formula is C18H29NO3. The standard InChI is InChI=1S/C18H29NO3/c1-14(19-13-15-4-3-5-17(20)12-15)16-6-8-18(9-7-16)22-11-10-21-2/h6-9,14-15,17,19-20H,3-5,10-13H2,1-2H3. The number of rotatable bonds is 8. The van der Waals surface area contributed by atoms with Gasteiger partial charge < -0.3 is 19.9 Å². The number of hydrogen-bond acceptors (Lipinski definition) is 4. The van der Waals surface area contributed by atoms with Gasteiger partial charge in [-0.1, -0.05) is 18.6 Å². The summed E-state index contributed by atoms with van der Waals surface area (Å²) in [5, 5.41) is 13.3. The zero-order chi connectivity index (χ0) is 15.8. The average Bonchev–Trinajstić information content (AvgIpc) is 2.54. The molecule has 124 valence electrons. The third kappa shape index (κ3) is 5.59. The fourth-order valence-corrected chi connectivity index (χ4v) is 3.00. The van der Waals surface area contributed by atoms with Crippen LogP contribution in [-0.2, 0) is 4.74 Å². The van der Waals surface area contributed by atoms with E-state index in [2.05, 4.69) is 24.4 Å². The lowest BCUT2D eigenvalue weighted by Gasteiger charge is -2.27. The largest absolute Gasteiger partial charge is 0.491 e. The second-order valence-corrected chi connectivity index (χ2v) is 6.23. The lowest BCUT2D eigenvalue weighted by atomic mass is 9.87. The lowest BCUT2D eigenvalue weighted by molar-refractivity contribution is 0.0998. The van der Waals surface area contributed by atoms with Gasteiger partial charge in [0.05, 0.1) is 12.7 Å². The van der Waals surface area contributed by atoms with Crippen LogP contribution < -0.4 is 10.1 Å². The van der Waals surface area contributed by atoms with Crippen LogP contribution in [0.2, 0.25) is 0 Å². The van der Waals surface area contributed by atoms with Gasteiger partial charge in [-0.15, -0.1) is 0 Å². The maximum Gasteiger partial charge on any atom is 0.119 e. The Balaban J connectivity index is 1.75. The van der Waals surface area contributed by atoms with Crippen molar-refractivity contribution in [3.8, 4) is 5.75 Å². The van der Waals surface area contributed by atoms with Gasteiger partial charge in [0.2, 0.25) is 0 Å². The maximum atomic E-state index is 9.73. The van der Waals surface area contributed by atoms with E-state index in [1.165, 1.54) is 12.0 Å². The monoisotopic (exact) mass is 307 g/mol. The molecule has 4 nitrogen and oxygen atoms in total. The van der Waals surface area contributed by atoms with Gasteiger partial charge in [-0.05, 0) is 56.3 Å². The van der Waals surface area contributed by atoms with Crippen LogP contribution in [0.15, 0.2) is 24.3 Å². The lowest BCUT2D eigenvalue weighted by Crippen LogP contribution is -2.30. The molecule has 1 saturated carbocycles. The minimum atomic E-state index is -0.0978. The van der Waals surface area contributed by atoms with Crippen molar-refractivity contribution >= 4 is 0 Å². The smallest absolute Gasteiger partial charge is 0.119 e. The van der Waals surface area contributed by atoms with Crippen LogP contribution in [0.3, 0.4) is 0 Å². The summed E-state index contributed by atoms with van der Waals surface area (Å²) in [6.45, 7) is 4.34. The summed E-state index contributed by atoms with van der Waals surface area (Å²) in [7, 11) is 1.67. The molecule has 1 aliphatic rings. The minimum absolute atomic E-state index is 0.0978. The fourth-order valence-electron chi connectivity index (χ4n) is 3.00. The molecule has 0 aromatic heterocycles. The molecule has 0 bridgehead atoms. The van der Waals surface area contributed by atoms with E-state index >= 15 is 0 Å². The topological polar surface area (TPSA) is 50.7 Å². The molecule has 0 spiro atoms. The van der Waals surface area contributed by atoms with Crippen molar-refractivity contribution in [3.05, 3.63) is 29.8 Å². The Kier molecular flexibility index (Phi) is 7.16. The van der Waals surface area contributed by atoms with Gasteiger partial charge in [0, 0.05) is 13.2 Å². The SMILES string of the molecule is COCCOc1ccc(C(C)NCC2CCCC(O)C2)cc1. The summed E-state index contributed by atoms with van der Waals surface area (Å²) in [4.78, 5) is 0. The fraction of sp³-hybridized carbons (Fsp3) is 0.667. The van der Waals surface area contributed by atoms with E-state index in [0.29, 0.717) is 25.2 Å². The van der Waals surface area contributed by atoms with Gasteiger partial charge in [0.15, 0.2) is 0 Å². The number of methoxy groups -OCH3 is 1. The molecule has 0 heterocycles. The second-order valence-electron chi connectivity index (χ2n) is 6.23. The van der Waals surface area contributed by atoms with Gasteiger partial charge >= 0.3 is 0 Å². The molecule has 1 aliphatic carbocycles. The van der Waals surface area contributed by atoms with Crippen molar-refractivity contribution in [2.24, 2.45) is 5.92 Å². The normalized spacial score (nSPS) is 23.2. The Morgan fingerprint density at radius 2 is 2.00 bits per heavy atom. The average molecular weight is 307 g/mol. The Morgan fingerprint density at radius 1 is 1.23 bits per heavy atom. The Morgan fingerprint density at radius 3 is 2.68 bits per heavy atom. The van der Waals surface area contributed by atoms with Crippen LogP contribution >= 0.6 is 0 Å². The van der Waals surface area contributed by atoms with Crippen molar-refractivity contribution in [1.82, 2.24) is 5.32 Å². The van der Waals surface area contributed by atoms with Gasteiger partial charge in [-0.2, -0.15) is 0 Å². The first-order valence-electron chi connectivity index (χ1n) is 8.32. The van der Waals surface area contributed by atoms with E-state index in [1.807, 2.05) is 12.1 Å². The van der Waals surface area contributed by atoms with Crippen LogP contribution in [0.1, 0.15) is 44.2 Å². The van der Waals surface area contributed by atoms with Crippen LogP contribution in [0.4, 0.5) is 0 Å². The molecule has 1 aromatic rings. The van der Waals surface area contributed by atoms with Crippen molar-refractivity contribution in [1.29, 1.82) is 0 Å². The first-order valence-corrected chi connectivity index (χ1v) is 8.32. The molecule has 0 aliphatic heterocycles. The van der Waals surface area contributed by atoms with Crippen LogP contribution in [-0.4, -0.2) is 38.1 Å². The van der Waals surface area contributed by atoms with Crippen molar-refractivity contribution in [3.63, 3.8) is 0 Å². The van der Waals surface area contributed by atoms with Gasteiger partial charge in [-0.25, -0.2) is 0 Å². The number of ether oxygens (including phenoxy) is 2. The number of hydrogen-bond donors (Lipinski definition) is 2. The van der Waals surface area contributed by atoms with Crippen LogP contribution in [0.5, 0.6) is 5.75 Å². The summed E-state index contributed by atoms with van der Waals surface area (Å²) in [6, 6.07) is 8.54. The third-order valence-corrected chi connectivity index (χ3v) is 4.40. The molecule has 3 atom stereocenters. The number of aliphatic hydroxyl groups excluding tert-OH is 1. The Bertz CT molecular complexity index is 421. The van der Waals surface area contributed by atoms with Crippen LogP contribution in [0.25, 0.3) is 0 Å². The van der Waals surface area contributed by atoms with E-state index in [9.17, 15) is 5.11 Å².